The van der Waals surface area contributed by atoms with Gasteiger partial charge in [0.1, 0.15) is 0 Å². The van der Waals surface area contributed by atoms with Crippen molar-refractivity contribution in [2.45, 2.75) is 24.1 Å². The Balaban J connectivity index is 3.26. The topological polar surface area (TPSA) is 35.5 Å². The number of cyclic esters (lactones) is 2. The molecule has 0 spiro atoms. The minimum absolute atomic E-state index is 2.60. The van der Waals surface area contributed by atoms with Crippen LogP contribution in [0.15, 0.2) is 0 Å². The minimum Gasteiger partial charge on any atom is -0.381 e. The van der Waals surface area contributed by atoms with E-state index in [-0.39, 0.29) is 0 Å². The van der Waals surface area contributed by atoms with Crippen LogP contribution in [0.4, 0.5) is 39.9 Å². The molecular weight excluding hydrogens is 260 g/mol. The average molecular weight is 260 g/mol. The van der Waals surface area contributed by atoms with E-state index in [2.05, 4.69) is 9.47 Å². The molecule has 1 aliphatic heterocycles. The SMILES string of the molecule is O=C1OC(F)(F)C(F)(C(F)(F)C(F)(F)F)O1. The normalized spacial score (nSPS) is 29.9. The number of halogens is 8. The fraction of sp³-hybridized carbons (Fsp3) is 0.800. The van der Waals surface area contributed by atoms with Gasteiger partial charge in [-0.3, -0.25) is 0 Å². The smallest absolute Gasteiger partial charge is 0.381 e. The molecule has 0 aromatic heterocycles. The zero-order valence-corrected chi connectivity index (χ0v) is 6.75. The van der Waals surface area contributed by atoms with Gasteiger partial charge in [-0.05, 0) is 0 Å². The maximum Gasteiger partial charge on any atom is 0.516 e. The van der Waals surface area contributed by atoms with Crippen LogP contribution in [-0.4, -0.2) is 30.2 Å². The second-order valence-electron chi connectivity index (χ2n) is 2.64. The van der Waals surface area contributed by atoms with Crippen molar-refractivity contribution in [1.82, 2.24) is 0 Å². The molecule has 0 aromatic rings. The first kappa shape index (κ1) is 12.8. The van der Waals surface area contributed by atoms with Crippen molar-refractivity contribution in [3.05, 3.63) is 0 Å². The molecular formula is C5F8O3. The highest BCUT2D eigenvalue weighted by atomic mass is 19.4. The Morgan fingerprint density at radius 1 is 0.938 bits per heavy atom. The van der Waals surface area contributed by atoms with E-state index in [1.165, 1.54) is 0 Å². The first-order valence-electron chi connectivity index (χ1n) is 3.28. The molecule has 16 heavy (non-hydrogen) atoms. The summed E-state index contributed by atoms with van der Waals surface area (Å²) in [7, 11) is 0. The van der Waals surface area contributed by atoms with E-state index in [1.807, 2.05) is 0 Å². The molecule has 0 saturated carbocycles. The Kier molecular flexibility index (Phi) is 2.30. The summed E-state index contributed by atoms with van der Waals surface area (Å²) < 4.78 is 102. The molecule has 1 aliphatic rings. The molecule has 0 radical (unpaired) electrons. The molecule has 0 aromatic carbocycles. The van der Waals surface area contributed by atoms with Gasteiger partial charge in [0.15, 0.2) is 0 Å². The molecule has 3 nitrogen and oxygen atoms in total. The highest BCUT2D eigenvalue weighted by Gasteiger charge is 2.88. The summed E-state index contributed by atoms with van der Waals surface area (Å²) in [6.07, 6.45) is -15.1. The standard InChI is InChI=1S/C5F8O3/c6-2(7,4(9,10)11)3(8)5(12,13)16-1(14)15-3. The summed E-state index contributed by atoms with van der Waals surface area (Å²) in [5, 5.41) is 0. The Bertz CT molecular complexity index is 322. The predicted octanol–water partition coefficient (Wildman–Crippen LogP) is 2.61. The van der Waals surface area contributed by atoms with E-state index >= 15 is 0 Å². The zero-order valence-electron chi connectivity index (χ0n) is 6.75. The second kappa shape index (κ2) is 2.88. The Hall–Kier alpha value is -1.29. The van der Waals surface area contributed by atoms with Gasteiger partial charge in [-0.25, -0.2) is 4.79 Å². The van der Waals surface area contributed by atoms with Gasteiger partial charge in [0, 0.05) is 0 Å². The molecule has 1 fully saturated rings. The predicted molar refractivity (Wildman–Crippen MR) is 27.4 cm³/mol. The van der Waals surface area contributed by atoms with Crippen molar-refractivity contribution in [3.8, 4) is 0 Å². The first-order valence-corrected chi connectivity index (χ1v) is 3.28. The maximum absolute atomic E-state index is 12.8. The van der Waals surface area contributed by atoms with Crippen LogP contribution < -0.4 is 0 Å². The van der Waals surface area contributed by atoms with Crippen LogP contribution in [0.5, 0.6) is 0 Å². The van der Waals surface area contributed by atoms with E-state index < -0.39 is 30.2 Å². The van der Waals surface area contributed by atoms with E-state index in [0.29, 0.717) is 0 Å². The summed E-state index contributed by atoms with van der Waals surface area (Å²) in [6.45, 7) is 0. The molecule has 1 rings (SSSR count). The van der Waals surface area contributed by atoms with Crippen molar-refractivity contribution in [2.24, 2.45) is 0 Å². The van der Waals surface area contributed by atoms with Gasteiger partial charge in [0.05, 0.1) is 0 Å². The molecule has 94 valence electrons. The number of rotatable bonds is 1. The monoisotopic (exact) mass is 260 g/mol. The summed E-state index contributed by atoms with van der Waals surface area (Å²) >= 11 is 0. The van der Waals surface area contributed by atoms with Crippen LogP contribution in [-0.2, 0) is 9.47 Å². The highest BCUT2D eigenvalue weighted by molar-refractivity contribution is 5.63. The number of ether oxygens (including phenoxy) is 2. The molecule has 1 heterocycles. The molecule has 0 aliphatic carbocycles. The van der Waals surface area contributed by atoms with Gasteiger partial charge < -0.3 is 9.47 Å². The Morgan fingerprint density at radius 3 is 1.62 bits per heavy atom. The summed E-state index contributed by atoms with van der Waals surface area (Å²) in [6, 6.07) is 0. The molecule has 0 N–H and O–H groups in total. The lowest BCUT2D eigenvalue weighted by Gasteiger charge is -2.30. The van der Waals surface area contributed by atoms with Crippen molar-refractivity contribution < 1.29 is 49.4 Å². The molecule has 11 heteroatoms. The van der Waals surface area contributed by atoms with Crippen LogP contribution in [0.1, 0.15) is 0 Å². The van der Waals surface area contributed by atoms with Crippen molar-refractivity contribution in [2.75, 3.05) is 0 Å². The highest BCUT2D eigenvalue weighted by Crippen LogP contribution is 2.55. The summed E-state index contributed by atoms with van der Waals surface area (Å²) in [5.41, 5.74) is 0. The number of hydrogen-bond acceptors (Lipinski definition) is 3. The van der Waals surface area contributed by atoms with E-state index in [1.54, 1.807) is 0 Å². The summed E-state index contributed by atoms with van der Waals surface area (Å²) in [4.78, 5) is 9.98. The quantitative estimate of drug-likeness (QED) is 0.537. The van der Waals surface area contributed by atoms with Crippen molar-refractivity contribution in [3.63, 3.8) is 0 Å². The van der Waals surface area contributed by atoms with Crippen molar-refractivity contribution >= 4 is 6.16 Å². The number of alkyl halides is 8. The van der Waals surface area contributed by atoms with Gasteiger partial charge in [-0.2, -0.15) is 35.1 Å². The van der Waals surface area contributed by atoms with Gasteiger partial charge in [0.25, 0.3) is 0 Å². The molecule has 0 amide bonds. The number of hydrogen-bond donors (Lipinski definition) is 0. The van der Waals surface area contributed by atoms with Gasteiger partial charge in [-0.15, -0.1) is 0 Å². The lowest BCUT2D eigenvalue weighted by molar-refractivity contribution is -0.422. The zero-order chi connectivity index (χ0) is 13.0. The van der Waals surface area contributed by atoms with E-state index in [0.717, 1.165) is 0 Å². The Labute approximate surface area is 80.9 Å². The van der Waals surface area contributed by atoms with E-state index in [9.17, 15) is 39.9 Å². The van der Waals surface area contributed by atoms with Crippen molar-refractivity contribution in [1.29, 1.82) is 0 Å². The molecule has 0 bridgehead atoms. The lowest BCUT2D eigenvalue weighted by Crippen LogP contribution is -2.62. The maximum atomic E-state index is 12.8. The first-order chi connectivity index (χ1) is 6.85. The second-order valence-corrected chi connectivity index (χ2v) is 2.64. The third-order valence-corrected chi connectivity index (χ3v) is 1.57. The van der Waals surface area contributed by atoms with Gasteiger partial charge in [0.2, 0.25) is 0 Å². The fourth-order valence-corrected chi connectivity index (χ4v) is 0.795. The number of carbonyl (C=O) groups is 1. The molecule has 1 unspecified atom stereocenters. The van der Waals surface area contributed by atoms with Crippen LogP contribution >= 0.6 is 0 Å². The summed E-state index contributed by atoms with van der Waals surface area (Å²) in [5.74, 6) is -12.5. The fourth-order valence-electron chi connectivity index (χ4n) is 0.795. The number of carbonyl (C=O) groups excluding carboxylic acids is 1. The molecule has 1 atom stereocenters. The average Bonchev–Trinajstić information content (AvgIpc) is 2.19. The van der Waals surface area contributed by atoms with E-state index in [4.69, 9.17) is 0 Å². The van der Waals surface area contributed by atoms with Crippen LogP contribution in [0.2, 0.25) is 0 Å². The van der Waals surface area contributed by atoms with Gasteiger partial charge >= 0.3 is 30.2 Å². The van der Waals surface area contributed by atoms with Crippen LogP contribution in [0, 0.1) is 0 Å². The Morgan fingerprint density at radius 2 is 1.38 bits per heavy atom. The third kappa shape index (κ3) is 1.37. The lowest BCUT2D eigenvalue weighted by atomic mass is 10.1. The van der Waals surface area contributed by atoms with Crippen LogP contribution in [0.25, 0.3) is 0 Å². The minimum atomic E-state index is -6.68. The molecule has 1 saturated heterocycles. The van der Waals surface area contributed by atoms with Gasteiger partial charge in [-0.1, -0.05) is 0 Å². The van der Waals surface area contributed by atoms with Crippen LogP contribution in [0.3, 0.4) is 0 Å². The third-order valence-electron chi connectivity index (χ3n) is 1.57. The largest absolute Gasteiger partial charge is 0.516 e.